The maximum absolute atomic E-state index is 15.0. The van der Waals surface area contributed by atoms with Crippen molar-refractivity contribution in [1.29, 1.82) is 0 Å². The number of alkyl halides is 1. The molecule has 0 aliphatic rings. The second-order valence-electron chi connectivity index (χ2n) is 5.15. The van der Waals surface area contributed by atoms with Crippen molar-refractivity contribution in [3.63, 3.8) is 0 Å². The second kappa shape index (κ2) is 9.22. The van der Waals surface area contributed by atoms with E-state index >= 15 is 4.39 Å². The molecule has 2 rings (SSSR count). The van der Waals surface area contributed by atoms with Crippen LogP contribution in [0.5, 0.6) is 5.75 Å². The fraction of sp³-hybridized carbons (Fsp3) is 0.278. The molecule has 23 heavy (non-hydrogen) atoms. The molecule has 0 amide bonds. The molecule has 2 aromatic carbocycles. The highest BCUT2D eigenvalue weighted by Crippen LogP contribution is 2.35. The Morgan fingerprint density at radius 1 is 1.13 bits per heavy atom. The Morgan fingerprint density at radius 2 is 1.61 bits per heavy atom. The number of carbonyl (C=O) groups excluding carboxylic acids is 1. The molecule has 2 aromatic rings. The standard InChI is InChI=1S/C18H19FO2.H4OSi/c1-3-16(14-10-6-4-7-11-14)18(2,19)17(20)21-15-12-8-5-9-13-15;1-2/h4-13,16H,3H2,1-2H3;1H,2H3. The van der Waals surface area contributed by atoms with Crippen LogP contribution >= 0.6 is 0 Å². The third-order valence-corrected chi connectivity index (χ3v) is 3.62. The van der Waals surface area contributed by atoms with Crippen LogP contribution in [0.15, 0.2) is 60.7 Å². The van der Waals surface area contributed by atoms with Crippen LogP contribution in [0.4, 0.5) is 4.39 Å². The number of halogens is 1. The average molecular weight is 334 g/mol. The van der Waals surface area contributed by atoms with Crippen molar-refractivity contribution in [2.24, 2.45) is 0 Å². The summed E-state index contributed by atoms with van der Waals surface area (Å²) in [7, 11) is 0.306. The Hall–Kier alpha value is -1.98. The number of hydrogen-bond acceptors (Lipinski definition) is 3. The minimum Gasteiger partial charge on any atom is -0.442 e. The average Bonchev–Trinajstić information content (AvgIpc) is 2.59. The van der Waals surface area contributed by atoms with Crippen LogP contribution in [0.2, 0.25) is 0 Å². The van der Waals surface area contributed by atoms with Gasteiger partial charge in [-0.05, 0) is 31.0 Å². The van der Waals surface area contributed by atoms with E-state index in [2.05, 4.69) is 0 Å². The van der Waals surface area contributed by atoms with Crippen molar-refractivity contribution >= 4 is 16.5 Å². The summed E-state index contributed by atoms with van der Waals surface area (Å²) < 4.78 is 20.2. The molecule has 3 nitrogen and oxygen atoms in total. The number of benzene rings is 2. The lowest BCUT2D eigenvalue weighted by molar-refractivity contribution is -0.148. The highest BCUT2D eigenvalue weighted by atomic mass is 28.2. The maximum atomic E-state index is 15.0. The fourth-order valence-electron chi connectivity index (χ4n) is 2.45. The van der Waals surface area contributed by atoms with E-state index in [1.54, 1.807) is 24.3 Å². The van der Waals surface area contributed by atoms with E-state index in [1.807, 2.05) is 43.3 Å². The first-order chi connectivity index (χ1) is 11.1. The molecular formula is C18H23FO3Si. The van der Waals surface area contributed by atoms with Crippen LogP contribution in [0.3, 0.4) is 0 Å². The lowest BCUT2D eigenvalue weighted by Crippen LogP contribution is -2.40. The Kier molecular flexibility index (Phi) is 7.64. The van der Waals surface area contributed by atoms with Crippen molar-refractivity contribution in [3.05, 3.63) is 66.2 Å². The molecule has 0 heterocycles. The van der Waals surface area contributed by atoms with Gasteiger partial charge in [-0.3, -0.25) is 0 Å². The molecule has 124 valence electrons. The zero-order valence-electron chi connectivity index (χ0n) is 13.7. The topological polar surface area (TPSA) is 46.5 Å². The Balaban J connectivity index is 0.00000127. The highest BCUT2D eigenvalue weighted by molar-refractivity contribution is 5.95. The van der Waals surface area contributed by atoms with Gasteiger partial charge in [0.1, 0.15) is 16.2 Å². The molecule has 0 aromatic heterocycles. The summed E-state index contributed by atoms with van der Waals surface area (Å²) >= 11 is 0. The van der Waals surface area contributed by atoms with Gasteiger partial charge in [0.15, 0.2) is 0 Å². The summed E-state index contributed by atoms with van der Waals surface area (Å²) in [6.07, 6.45) is 0.515. The number of ether oxygens (including phenoxy) is 1. The van der Waals surface area contributed by atoms with E-state index < -0.39 is 17.6 Å². The van der Waals surface area contributed by atoms with Gasteiger partial charge in [0, 0.05) is 5.92 Å². The first kappa shape index (κ1) is 19.1. The predicted molar refractivity (Wildman–Crippen MR) is 93.2 cm³/mol. The van der Waals surface area contributed by atoms with Gasteiger partial charge < -0.3 is 9.53 Å². The first-order valence-electron chi connectivity index (χ1n) is 7.51. The van der Waals surface area contributed by atoms with Crippen molar-refractivity contribution in [1.82, 2.24) is 0 Å². The van der Waals surface area contributed by atoms with Crippen LogP contribution in [-0.4, -0.2) is 26.9 Å². The number of esters is 1. The third-order valence-electron chi connectivity index (χ3n) is 3.62. The van der Waals surface area contributed by atoms with Gasteiger partial charge in [-0.25, -0.2) is 9.18 Å². The van der Waals surface area contributed by atoms with Gasteiger partial charge >= 0.3 is 5.97 Å². The molecule has 0 fully saturated rings. The molecule has 5 heteroatoms. The van der Waals surface area contributed by atoms with Gasteiger partial charge in [-0.2, -0.15) is 0 Å². The predicted octanol–water partition coefficient (Wildman–Crippen LogP) is 2.77. The normalized spacial score (nSPS) is 14.1. The van der Waals surface area contributed by atoms with Gasteiger partial charge in [-0.15, -0.1) is 0 Å². The van der Waals surface area contributed by atoms with Crippen LogP contribution in [0.25, 0.3) is 0 Å². The third kappa shape index (κ3) is 5.01. The summed E-state index contributed by atoms with van der Waals surface area (Å²) in [5.74, 6) is -1.03. The largest absolute Gasteiger partial charge is 0.442 e. The van der Waals surface area contributed by atoms with E-state index in [0.717, 1.165) is 5.56 Å². The minimum absolute atomic E-state index is 0.306. The summed E-state index contributed by atoms with van der Waals surface area (Å²) in [5, 5.41) is 0. The molecule has 2 atom stereocenters. The van der Waals surface area contributed by atoms with E-state index in [4.69, 9.17) is 9.53 Å². The Labute approximate surface area is 139 Å². The molecule has 0 aliphatic carbocycles. The summed E-state index contributed by atoms with van der Waals surface area (Å²) in [6, 6.07) is 17.8. The molecule has 2 unspecified atom stereocenters. The first-order valence-corrected chi connectivity index (χ1v) is 8.41. The smallest absolute Gasteiger partial charge is 0.349 e. The van der Waals surface area contributed by atoms with Gasteiger partial charge in [-0.1, -0.05) is 55.5 Å². The monoisotopic (exact) mass is 334 g/mol. The van der Waals surface area contributed by atoms with Gasteiger partial charge in [0.2, 0.25) is 5.67 Å². The molecule has 0 saturated heterocycles. The zero-order chi connectivity index (χ0) is 17.3. The lowest BCUT2D eigenvalue weighted by Gasteiger charge is -2.28. The van der Waals surface area contributed by atoms with Crippen molar-refractivity contribution in [3.8, 4) is 5.75 Å². The Bertz CT molecular complexity index is 588. The van der Waals surface area contributed by atoms with Gasteiger partial charge in [0.05, 0.1) is 0 Å². The van der Waals surface area contributed by atoms with Crippen molar-refractivity contribution in [2.75, 3.05) is 0 Å². The second-order valence-corrected chi connectivity index (χ2v) is 5.15. The Morgan fingerprint density at radius 3 is 2.09 bits per heavy atom. The molecule has 0 aliphatic heterocycles. The molecular weight excluding hydrogens is 311 g/mol. The van der Waals surface area contributed by atoms with Crippen LogP contribution < -0.4 is 4.74 Å². The fourth-order valence-corrected chi connectivity index (χ4v) is 2.45. The van der Waals surface area contributed by atoms with Crippen LogP contribution in [0, 0.1) is 0 Å². The summed E-state index contributed by atoms with van der Waals surface area (Å²) in [5.41, 5.74) is -1.28. The minimum atomic E-state index is -2.08. The van der Waals surface area contributed by atoms with Crippen molar-refractivity contribution < 1.29 is 18.7 Å². The number of rotatable bonds is 5. The van der Waals surface area contributed by atoms with E-state index in [1.165, 1.54) is 6.92 Å². The van der Waals surface area contributed by atoms with Crippen LogP contribution in [-0.2, 0) is 4.79 Å². The van der Waals surface area contributed by atoms with Crippen LogP contribution in [0.1, 0.15) is 31.7 Å². The molecule has 1 N–H and O–H groups in total. The molecule has 0 spiro atoms. The maximum Gasteiger partial charge on any atom is 0.349 e. The lowest BCUT2D eigenvalue weighted by atomic mass is 9.83. The molecule has 0 saturated carbocycles. The summed E-state index contributed by atoms with van der Waals surface area (Å²) in [6.45, 7) is 3.16. The van der Waals surface area contributed by atoms with Gasteiger partial charge in [0.25, 0.3) is 0 Å². The van der Waals surface area contributed by atoms with E-state index in [0.29, 0.717) is 22.7 Å². The van der Waals surface area contributed by atoms with E-state index in [9.17, 15) is 4.79 Å². The number of hydrogen-bond donors (Lipinski definition) is 1. The highest BCUT2D eigenvalue weighted by Gasteiger charge is 2.43. The number of para-hydroxylation sites is 1. The SMILES string of the molecule is CCC(c1ccccc1)C(C)(F)C(=O)Oc1ccccc1.O[SiH3]. The molecule has 0 bridgehead atoms. The summed E-state index contributed by atoms with van der Waals surface area (Å²) in [4.78, 5) is 19.3. The quantitative estimate of drug-likeness (QED) is 0.520. The number of carbonyl (C=O) groups is 1. The molecule has 0 radical (unpaired) electrons. The van der Waals surface area contributed by atoms with Crippen molar-refractivity contribution in [2.45, 2.75) is 31.9 Å². The van der Waals surface area contributed by atoms with E-state index in [-0.39, 0.29) is 0 Å². The zero-order valence-corrected chi connectivity index (χ0v) is 15.7.